The van der Waals surface area contributed by atoms with E-state index in [2.05, 4.69) is 6.92 Å². The molecule has 0 atom stereocenters. The number of hydrogen-bond donors (Lipinski definition) is 1. The summed E-state index contributed by atoms with van der Waals surface area (Å²) in [6.45, 7) is 4.80. The molecule has 0 spiro atoms. The van der Waals surface area contributed by atoms with Gasteiger partial charge in [0.2, 0.25) is 0 Å². The minimum atomic E-state index is -0.393. The summed E-state index contributed by atoms with van der Waals surface area (Å²) >= 11 is 0. The lowest BCUT2D eigenvalue weighted by Crippen LogP contribution is -2.10. The van der Waals surface area contributed by atoms with Crippen molar-refractivity contribution >= 4 is 11.7 Å². The van der Waals surface area contributed by atoms with E-state index in [1.807, 2.05) is 0 Å². The van der Waals surface area contributed by atoms with Crippen LogP contribution in [0.2, 0.25) is 0 Å². The Labute approximate surface area is 108 Å². The zero-order valence-electron chi connectivity index (χ0n) is 11.1. The molecule has 0 unspecified atom stereocenters. The van der Waals surface area contributed by atoms with Crippen LogP contribution in [0.25, 0.3) is 0 Å². The smallest absolute Gasteiger partial charge is 0.341 e. The number of nitrogen functional groups attached to an aromatic ring is 1. The Kier molecular flexibility index (Phi) is 6.05. The molecule has 18 heavy (non-hydrogen) atoms. The van der Waals surface area contributed by atoms with Gasteiger partial charge in [-0.15, -0.1) is 0 Å². The monoisotopic (exact) mass is 251 g/mol. The summed E-state index contributed by atoms with van der Waals surface area (Å²) in [7, 11) is 0. The van der Waals surface area contributed by atoms with Crippen LogP contribution < -0.4 is 10.5 Å². The van der Waals surface area contributed by atoms with E-state index in [1.54, 1.807) is 25.1 Å². The molecule has 0 radical (unpaired) electrons. The zero-order valence-corrected chi connectivity index (χ0v) is 11.1. The second kappa shape index (κ2) is 7.58. The topological polar surface area (TPSA) is 61.5 Å². The van der Waals surface area contributed by atoms with Crippen molar-refractivity contribution < 1.29 is 14.3 Å². The lowest BCUT2D eigenvalue weighted by atomic mass is 10.1. The van der Waals surface area contributed by atoms with Crippen molar-refractivity contribution in [1.29, 1.82) is 0 Å². The molecule has 0 aromatic heterocycles. The summed E-state index contributed by atoms with van der Waals surface area (Å²) in [6.07, 6.45) is 3.17. The van der Waals surface area contributed by atoms with Crippen LogP contribution in [0.1, 0.15) is 43.5 Å². The summed E-state index contributed by atoms with van der Waals surface area (Å²) in [5.74, 6) is 0.0438. The molecule has 1 aromatic rings. The fraction of sp³-hybridized carbons (Fsp3) is 0.500. The molecule has 0 aliphatic rings. The average molecular weight is 251 g/mol. The Balaban J connectivity index is 2.77. The second-order valence-corrected chi connectivity index (χ2v) is 4.00. The third-order valence-corrected chi connectivity index (χ3v) is 2.54. The van der Waals surface area contributed by atoms with Crippen molar-refractivity contribution in [1.82, 2.24) is 0 Å². The molecule has 0 fully saturated rings. The van der Waals surface area contributed by atoms with Gasteiger partial charge in [-0.2, -0.15) is 0 Å². The number of nitrogens with two attached hydrogens (primary N) is 1. The van der Waals surface area contributed by atoms with E-state index in [9.17, 15) is 4.79 Å². The van der Waals surface area contributed by atoms with Gasteiger partial charge in [0.25, 0.3) is 0 Å². The van der Waals surface area contributed by atoms with E-state index in [0.717, 1.165) is 19.3 Å². The molecule has 0 saturated heterocycles. The highest BCUT2D eigenvalue weighted by Gasteiger charge is 2.15. The number of carbonyl (C=O) groups is 1. The molecule has 1 aromatic carbocycles. The van der Waals surface area contributed by atoms with Gasteiger partial charge in [0.15, 0.2) is 5.75 Å². The predicted molar refractivity (Wildman–Crippen MR) is 71.8 cm³/mol. The largest absolute Gasteiger partial charge is 0.491 e. The van der Waals surface area contributed by atoms with E-state index in [0.29, 0.717) is 30.2 Å². The minimum Gasteiger partial charge on any atom is -0.491 e. The van der Waals surface area contributed by atoms with Crippen LogP contribution in [0.4, 0.5) is 5.69 Å². The highest BCUT2D eigenvalue weighted by Crippen LogP contribution is 2.27. The van der Waals surface area contributed by atoms with Gasteiger partial charge >= 0.3 is 5.97 Å². The molecule has 4 heteroatoms. The Bertz CT molecular complexity index is 391. The number of unbranched alkanes of at least 4 members (excludes halogenated alkanes) is 2. The summed E-state index contributed by atoms with van der Waals surface area (Å²) in [5.41, 5.74) is 6.70. The third kappa shape index (κ3) is 3.95. The first-order chi connectivity index (χ1) is 8.70. The van der Waals surface area contributed by atoms with Gasteiger partial charge in [0, 0.05) is 0 Å². The second-order valence-electron chi connectivity index (χ2n) is 4.00. The minimum absolute atomic E-state index is 0.336. The first-order valence-electron chi connectivity index (χ1n) is 6.39. The molecule has 0 aliphatic heterocycles. The van der Waals surface area contributed by atoms with E-state index in [1.165, 1.54) is 0 Å². The number of para-hydroxylation sites is 1. The molecular formula is C14H21NO3. The van der Waals surface area contributed by atoms with Gasteiger partial charge < -0.3 is 15.2 Å². The van der Waals surface area contributed by atoms with Crippen LogP contribution in [-0.4, -0.2) is 19.2 Å². The molecule has 1 rings (SSSR count). The third-order valence-electron chi connectivity index (χ3n) is 2.54. The van der Waals surface area contributed by atoms with Crippen molar-refractivity contribution in [3.05, 3.63) is 23.8 Å². The highest BCUT2D eigenvalue weighted by molar-refractivity contribution is 5.94. The van der Waals surface area contributed by atoms with Gasteiger partial charge in [0.05, 0.1) is 18.9 Å². The number of ether oxygens (including phenoxy) is 2. The Morgan fingerprint density at radius 2 is 2.06 bits per heavy atom. The number of benzene rings is 1. The standard InChI is InChI=1S/C14H21NO3/c1-3-5-6-10-18-13-11(14(16)17-4-2)8-7-9-12(13)15/h7-9H,3-6,10,15H2,1-2H3. The van der Waals surface area contributed by atoms with Crippen LogP contribution in [-0.2, 0) is 4.74 Å². The molecule has 4 nitrogen and oxygen atoms in total. The molecule has 0 bridgehead atoms. The van der Waals surface area contributed by atoms with Gasteiger partial charge in [-0.25, -0.2) is 4.79 Å². The highest BCUT2D eigenvalue weighted by atomic mass is 16.5. The van der Waals surface area contributed by atoms with E-state index in [4.69, 9.17) is 15.2 Å². The van der Waals surface area contributed by atoms with Crippen LogP contribution in [0, 0.1) is 0 Å². The Morgan fingerprint density at radius 3 is 2.72 bits per heavy atom. The van der Waals surface area contributed by atoms with Crippen molar-refractivity contribution in [2.24, 2.45) is 0 Å². The number of rotatable bonds is 7. The molecular weight excluding hydrogens is 230 g/mol. The fourth-order valence-corrected chi connectivity index (χ4v) is 1.61. The van der Waals surface area contributed by atoms with Crippen molar-refractivity contribution in [3.8, 4) is 5.75 Å². The van der Waals surface area contributed by atoms with Crippen LogP contribution in [0.15, 0.2) is 18.2 Å². The Hall–Kier alpha value is -1.71. The zero-order chi connectivity index (χ0) is 13.4. The number of esters is 1. The van der Waals surface area contributed by atoms with Gasteiger partial charge in [-0.3, -0.25) is 0 Å². The fourth-order valence-electron chi connectivity index (χ4n) is 1.61. The van der Waals surface area contributed by atoms with Gasteiger partial charge in [-0.1, -0.05) is 25.8 Å². The maximum atomic E-state index is 11.7. The number of carbonyl (C=O) groups excluding carboxylic acids is 1. The predicted octanol–water partition coefficient (Wildman–Crippen LogP) is 3.01. The van der Waals surface area contributed by atoms with Gasteiger partial charge in [0.1, 0.15) is 5.56 Å². The summed E-state index contributed by atoms with van der Waals surface area (Å²) in [5, 5.41) is 0. The first-order valence-corrected chi connectivity index (χ1v) is 6.39. The van der Waals surface area contributed by atoms with Crippen molar-refractivity contribution in [3.63, 3.8) is 0 Å². The molecule has 0 saturated carbocycles. The van der Waals surface area contributed by atoms with Crippen molar-refractivity contribution in [2.75, 3.05) is 18.9 Å². The lowest BCUT2D eigenvalue weighted by molar-refractivity contribution is 0.0521. The first kappa shape index (κ1) is 14.4. The average Bonchev–Trinajstić information content (AvgIpc) is 2.36. The normalized spacial score (nSPS) is 10.1. The van der Waals surface area contributed by atoms with Crippen molar-refractivity contribution in [2.45, 2.75) is 33.1 Å². The molecule has 0 aliphatic carbocycles. The molecule has 0 heterocycles. The van der Waals surface area contributed by atoms with Crippen LogP contribution in [0.3, 0.4) is 0 Å². The quantitative estimate of drug-likeness (QED) is 0.459. The van der Waals surface area contributed by atoms with Gasteiger partial charge in [-0.05, 0) is 25.5 Å². The maximum Gasteiger partial charge on any atom is 0.341 e. The number of hydrogen-bond acceptors (Lipinski definition) is 4. The SMILES string of the molecule is CCCCCOc1c(N)cccc1C(=O)OCC. The van der Waals surface area contributed by atoms with Crippen LogP contribution in [0.5, 0.6) is 5.75 Å². The Morgan fingerprint density at radius 1 is 1.28 bits per heavy atom. The summed E-state index contributed by atoms with van der Waals surface area (Å²) in [4.78, 5) is 11.7. The molecule has 100 valence electrons. The van der Waals surface area contributed by atoms with Crippen LogP contribution >= 0.6 is 0 Å². The summed E-state index contributed by atoms with van der Waals surface area (Å²) < 4.78 is 10.6. The lowest BCUT2D eigenvalue weighted by Gasteiger charge is -2.12. The number of anilines is 1. The molecule has 0 amide bonds. The van der Waals surface area contributed by atoms with E-state index in [-0.39, 0.29) is 0 Å². The molecule has 2 N–H and O–H groups in total. The van der Waals surface area contributed by atoms with E-state index < -0.39 is 5.97 Å². The van der Waals surface area contributed by atoms with E-state index >= 15 is 0 Å². The summed E-state index contributed by atoms with van der Waals surface area (Å²) in [6, 6.07) is 5.11. The maximum absolute atomic E-state index is 11.7.